The van der Waals surface area contributed by atoms with Gasteiger partial charge in [-0.05, 0) is 19.3 Å². The molecule has 0 spiro atoms. The van der Waals surface area contributed by atoms with Crippen LogP contribution in [0.15, 0.2) is 6.33 Å². The average molecular weight is 278 g/mol. The summed E-state index contributed by atoms with van der Waals surface area (Å²) in [6.07, 6.45) is 2.76. The molecule has 0 amide bonds. The smallest absolute Gasteiger partial charge is 0.137 e. The largest absolute Gasteiger partial charge is 0.377 e. The van der Waals surface area contributed by atoms with Crippen LogP contribution < -0.4 is 10.2 Å². The van der Waals surface area contributed by atoms with Gasteiger partial charge in [-0.2, -0.15) is 0 Å². The van der Waals surface area contributed by atoms with Gasteiger partial charge in [-0.3, -0.25) is 0 Å². The highest BCUT2D eigenvalue weighted by atomic mass is 16.5. The van der Waals surface area contributed by atoms with Gasteiger partial charge in [0, 0.05) is 18.7 Å². The van der Waals surface area contributed by atoms with Crippen LogP contribution in [0.2, 0.25) is 0 Å². The Morgan fingerprint density at radius 1 is 1.45 bits per heavy atom. The molecule has 5 heteroatoms. The van der Waals surface area contributed by atoms with Gasteiger partial charge >= 0.3 is 0 Å². The van der Waals surface area contributed by atoms with Crippen molar-refractivity contribution in [3.05, 3.63) is 11.9 Å². The minimum Gasteiger partial charge on any atom is -0.377 e. The van der Waals surface area contributed by atoms with E-state index in [1.165, 1.54) is 5.56 Å². The van der Waals surface area contributed by atoms with Crippen molar-refractivity contribution in [3.8, 4) is 0 Å². The van der Waals surface area contributed by atoms with Crippen LogP contribution in [0, 0.1) is 0 Å². The first-order valence-electron chi connectivity index (χ1n) is 7.58. The highest BCUT2D eigenvalue weighted by molar-refractivity contribution is 5.60. The molecule has 5 nitrogen and oxygen atoms in total. The molecule has 0 aliphatic carbocycles. The summed E-state index contributed by atoms with van der Waals surface area (Å²) in [6, 6.07) is 0.357. The van der Waals surface area contributed by atoms with E-state index in [9.17, 15) is 0 Å². The quantitative estimate of drug-likeness (QED) is 0.897. The van der Waals surface area contributed by atoms with E-state index >= 15 is 0 Å². The lowest BCUT2D eigenvalue weighted by Crippen LogP contribution is -2.44. The Kier molecular flexibility index (Phi) is 5.17. The molecule has 20 heavy (non-hydrogen) atoms. The fourth-order valence-electron chi connectivity index (χ4n) is 2.57. The standard InChI is InChI=1S/C15H26N4O/c1-5-6-16-14-13(11(2)3)15(18-10-17-14)19-7-8-20-9-12(19)4/h10-12H,5-9H2,1-4H3,(H,16,17,18). The predicted octanol–water partition coefficient (Wildman–Crippen LogP) is 2.65. The van der Waals surface area contributed by atoms with Crippen molar-refractivity contribution in [2.75, 3.05) is 36.5 Å². The van der Waals surface area contributed by atoms with Crippen LogP contribution in [0.5, 0.6) is 0 Å². The van der Waals surface area contributed by atoms with Crippen LogP contribution in [-0.2, 0) is 4.74 Å². The van der Waals surface area contributed by atoms with Gasteiger partial charge in [0.05, 0.1) is 19.3 Å². The van der Waals surface area contributed by atoms with E-state index in [1.54, 1.807) is 6.33 Å². The molecule has 0 aromatic carbocycles. The molecule has 1 N–H and O–H groups in total. The molecule has 1 aliphatic heterocycles. The number of nitrogens with one attached hydrogen (secondary N) is 1. The summed E-state index contributed by atoms with van der Waals surface area (Å²) in [5, 5.41) is 3.43. The van der Waals surface area contributed by atoms with Crippen molar-refractivity contribution in [3.63, 3.8) is 0 Å². The van der Waals surface area contributed by atoms with E-state index in [0.717, 1.165) is 44.4 Å². The number of ether oxygens (including phenoxy) is 1. The summed E-state index contributed by atoms with van der Waals surface area (Å²) in [7, 11) is 0. The van der Waals surface area contributed by atoms with E-state index in [1.807, 2.05) is 0 Å². The molecule has 1 aromatic rings. The maximum Gasteiger partial charge on any atom is 0.137 e. The van der Waals surface area contributed by atoms with Crippen LogP contribution in [-0.4, -0.2) is 42.3 Å². The summed E-state index contributed by atoms with van der Waals surface area (Å²) < 4.78 is 5.53. The maximum absolute atomic E-state index is 5.53. The Bertz CT molecular complexity index is 436. The van der Waals surface area contributed by atoms with Crippen molar-refractivity contribution in [2.24, 2.45) is 0 Å². The molecule has 0 radical (unpaired) electrons. The van der Waals surface area contributed by atoms with Crippen molar-refractivity contribution in [2.45, 2.75) is 46.1 Å². The molecule has 1 atom stereocenters. The predicted molar refractivity (Wildman–Crippen MR) is 82.5 cm³/mol. The zero-order valence-corrected chi connectivity index (χ0v) is 13.0. The number of aromatic nitrogens is 2. The van der Waals surface area contributed by atoms with Crippen LogP contribution >= 0.6 is 0 Å². The van der Waals surface area contributed by atoms with Gasteiger partial charge in [-0.25, -0.2) is 9.97 Å². The number of hydrogen-bond acceptors (Lipinski definition) is 5. The second-order valence-electron chi connectivity index (χ2n) is 5.66. The van der Waals surface area contributed by atoms with Crippen molar-refractivity contribution < 1.29 is 4.74 Å². The molecule has 1 aliphatic rings. The molecule has 2 rings (SSSR count). The Morgan fingerprint density at radius 2 is 2.25 bits per heavy atom. The number of morpholine rings is 1. The third-order valence-corrected chi connectivity index (χ3v) is 3.62. The summed E-state index contributed by atoms with van der Waals surface area (Å²) in [5.74, 6) is 2.43. The third-order valence-electron chi connectivity index (χ3n) is 3.62. The number of hydrogen-bond donors (Lipinski definition) is 1. The molecule has 2 heterocycles. The van der Waals surface area contributed by atoms with Gasteiger partial charge in [0.25, 0.3) is 0 Å². The van der Waals surface area contributed by atoms with Crippen LogP contribution in [0.1, 0.15) is 45.6 Å². The molecule has 1 aromatic heterocycles. The molecule has 1 fully saturated rings. The second-order valence-corrected chi connectivity index (χ2v) is 5.66. The fraction of sp³-hybridized carbons (Fsp3) is 0.733. The van der Waals surface area contributed by atoms with Crippen LogP contribution in [0.4, 0.5) is 11.6 Å². The SMILES string of the molecule is CCCNc1ncnc(N2CCOCC2C)c1C(C)C. The van der Waals surface area contributed by atoms with Crippen LogP contribution in [0.3, 0.4) is 0 Å². The van der Waals surface area contributed by atoms with Crippen molar-refractivity contribution in [1.82, 2.24) is 9.97 Å². The van der Waals surface area contributed by atoms with E-state index in [4.69, 9.17) is 4.74 Å². The van der Waals surface area contributed by atoms with E-state index in [0.29, 0.717) is 12.0 Å². The van der Waals surface area contributed by atoms with Crippen LogP contribution in [0.25, 0.3) is 0 Å². The van der Waals surface area contributed by atoms with E-state index in [2.05, 4.69) is 47.9 Å². The van der Waals surface area contributed by atoms with Crippen molar-refractivity contribution in [1.29, 1.82) is 0 Å². The van der Waals surface area contributed by atoms with E-state index < -0.39 is 0 Å². The summed E-state index contributed by atoms with van der Waals surface area (Å²) in [4.78, 5) is 11.3. The molecule has 1 unspecified atom stereocenters. The summed E-state index contributed by atoms with van der Waals surface area (Å²) in [5.41, 5.74) is 1.22. The highest BCUT2D eigenvalue weighted by Crippen LogP contribution is 2.32. The van der Waals surface area contributed by atoms with Gasteiger partial charge in [0.15, 0.2) is 0 Å². The fourth-order valence-corrected chi connectivity index (χ4v) is 2.57. The molecule has 0 saturated carbocycles. The Hall–Kier alpha value is -1.36. The third kappa shape index (κ3) is 3.20. The topological polar surface area (TPSA) is 50.3 Å². The van der Waals surface area contributed by atoms with E-state index in [-0.39, 0.29) is 0 Å². The molecular weight excluding hydrogens is 252 g/mol. The van der Waals surface area contributed by atoms with Gasteiger partial charge in [0.2, 0.25) is 0 Å². The zero-order valence-electron chi connectivity index (χ0n) is 13.0. The lowest BCUT2D eigenvalue weighted by atomic mass is 10.0. The molecule has 112 valence electrons. The summed E-state index contributed by atoms with van der Waals surface area (Å²) in [6.45, 7) is 12.1. The average Bonchev–Trinajstić information content (AvgIpc) is 2.45. The second kappa shape index (κ2) is 6.88. The first-order valence-corrected chi connectivity index (χ1v) is 7.58. The Labute approximate surface area is 121 Å². The monoisotopic (exact) mass is 278 g/mol. The highest BCUT2D eigenvalue weighted by Gasteiger charge is 2.25. The van der Waals surface area contributed by atoms with Gasteiger partial charge in [-0.15, -0.1) is 0 Å². The first kappa shape index (κ1) is 15.0. The molecule has 1 saturated heterocycles. The van der Waals surface area contributed by atoms with Gasteiger partial charge in [-0.1, -0.05) is 20.8 Å². The Balaban J connectivity index is 2.35. The number of nitrogens with zero attached hydrogens (tertiary/aromatic N) is 3. The number of rotatable bonds is 5. The minimum absolute atomic E-state index is 0.357. The molecule has 0 bridgehead atoms. The first-order chi connectivity index (χ1) is 9.65. The number of anilines is 2. The lowest BCUT2D eigenvalue weighted by molar-refractivity contribution is 0.0984. The lowest BCUT2D eigenvalue weighted by Gasteiger charge is -2.36. The molecular formula is C15H26N4O. The van der Waals surface area contributed by atoms with Gasteiger partial charge in [0.1, 0.15) is 18.0 Å². The minimum atomic E-state index is 0.357. The van der Waals surface area contributed by atoms with Crippen molar-refractivity contribution >= 4 is 11.6 Å². The zero-order chi connectivity index (χ0) is 14.5. The van der Waals surface area contributed by atoms with Gasteiger partial charge < -0.3 is 15.0 Å². The normalized spacial score (nSPS) is 19.4. The maximum atomic E-state index is 5.53. The Morgan fingerprint density at radius 3 is 2.90 bits per heavy atom. The summed E-state index contributed by atoms with van der Waals surface area (Å²) >= 11 is 0.